The molecule has 2 N–H and O–H groups in total. The molecule has 4 bridgehead atoms. The molecule has 4 aliphatic rings. The molecule has 1 atom stereocenters. The summed E-state index contributed by atoms with van der Waals surface area (Å²) in [4.78, 5) is 4.61. The number of imidazole rings is 1. The van der Waals surface area contributed by atoms with Crippen molar-refractivity contribution in [2.45, 2.75) is 58.0 Å². The molecule has 0 spiro atoms. The van der Waals surface area contributed by atoms with Crippen LogP contribution in [0.3, 0.4) is 0 Å². The minimum absolute atomic E-state index is 0.0715. The van der Waals surface area contributed by atoms with Crippen molar-refractivity contribution in [1.29, 1.82) is 0 Å². The van der Waals surface area contributed by atoms with Gasteiger partial charge in [0.25, 0.3) is 0 Å². The Bertz CT molecular complexity index is 462. The van der Waals surface area contributed by atoms with Gasteiger partial charge in [0.2, 0.25) is 0 Å². The van der Waals surface area contributed by atoms with Crippen LogP contribution in [0.25, 0.3) is 0 Å². The van der Waals surface area contributed by atoms with Crippen molar-refractivity contribution in [2.24, 2.45) is 35.3 Å². The molecule has 1 aromatic heterocycles. The van der Waals surface area contributed by atoms with E-state index in [1.165, 1.54) is 32.1 Å². The maximum atomic E-state index is 6.39. The Morgan fingerprint density at radius 3 is 2.25 bits per heavy atom. The van der Waals surface area contributed by atoms with Crippen LogP contribution in [0.5, 0.6) is 0 Å². The normalized spacial score (nSPS) is 40.5. The molecule has 1 unspecified atom stereocenters. The second-order valence-corrected chi connectivity index (χ2v) is 7.88. The van der Waals surface area contributed by atoms with Crippen molar-refractivity contribution < 1.29 is 0 Å². The van der Waals surface area contributed by atoms with Gasteiger partial charge in [0.15, 0.2) is 0 Å². The fraction of sp³-hybridized carbons (Fsp3) is 0.824. The van der Waals surface area contributed by atoms with Gasteiger partial charge in [-0.05, 0) is 61.7 Å². The van der Waals surface area contributed by atoms with Crippen molar-refractivity contribution in [3.63, 3.8) is 0 Å². The Kier molecular flexibility index (Phi) is 2.95. The maximum absolute atomic E-state index is 6.39. The van der Waals surface area contributed by atoms with Gasteiger partial charge in [-0.15, -0.1) is 0 Å². The van der Waals surface area contributed by atoms with Gasteiger partial charge >= 0.3 is 0 Å². The van der Waals surface area contributed by atoms with Crippen LogP contribution in [0.1, 0.15) is 63.9 Å². The van der Waals surface area contributed by atoms with Gasteiger partial charge in [0.1, 0.15) is 5.82 Å². The third-order valence-corrected chi connectivity index (χ3v) is 6.21. The molecular formula is C17H27N3. The van der Waals surface area contributed by atoms with E-state index in [-0.39, 0.29) is 6.04 Å². The Morgan fingerprint density at radius 1 is 1.10 bits per heavy atom. The lowest BCUT2D eigenvalue weighted by molar-refractivity contribution is -0.0306. The number of nitrogens with two attached hydrogens (primary N) is 1. The summed E-state index contributed by atoms with van der Waals surface area (Å²) in [6, 6.07) is 0.757. The average molecular weight is 273 g/mol. The van der Waals surface area contributed by atoms with Gasteiger partial charge in [0, 0.05) is 18.4 Å². The molecule has 3 nitrogen and oxygen atoms in total. The lowest BCUT2D eigenvalue weighted by Gasteiger charge is -2.55. The molecular weight excluding hydrogens is 246 g/mol. The molecule has 0 amide bonds. The Labute approximate surface area is 122 Å². The molecule has 0 aromatic carbocycles. The van der Waals surface area contributed by atoms with Crippen molar-refractivity contribution in [3.8, 4) is 0 Å². The predicted molar refractivity (Wildman–Crippen MR) is 80.1 cm³/mol. The molecule has 20 heavy (non-hydrogen) atoms. The molecule has 0 aliphatic heterocycles. The van der Waals surface area contributed by atoms with Gasteiger partial charge in [-0.25, -0.2) is 4.98 Å². The van der Waals surface area contributed by atoms with E-state index < -0.39 is 0 Å². The highest BCUT2D eigenvalue weighted by Crippen LogP contribution is 2.58. The fourth-order valence-corrected chi connectivity index (χ4v) is 5.48. The molecule has 4 aliphatic carbocycles. The second kappa shape index (κ2) is 4.59. The molecule has 110 valence electrons. The molecule has 0 radical (unpaired) electrons. The molecule has 3 heteroatoms. The van der Waals surface area contributed by atoms with Gasteiger partial charge in [-0.2, -0.15) is 0 Å². The first kappa shape index (κ1) is 12.9. The zero-order chi connectivity index (χ0) is 13.9. The summed E-state index contributed by atoms with van der Waals surface area (Å²) >= 11 is 0. The highest BCUT2D eigenvalue weighted by molar-refractivity contribution is 5.08. The Balaban J connectivity index is 1.67. The lowest BCUT2D eigenvalue weighted by Crippen LogP contribution is -2.46. The van der Waals surface area contributed by atoms with Crippen molar-refractivity contribution in [1.82, 2.24) is 9.55 Å². The summed E-state index contributed by atoms with van der Waals surface area (Å²) < 4.78 is 2.47. The molecule has 4 fully saturated rings. The van der Waals surface area contributed by atoms with Crippen LogP contribution < -0.4 is 5.73 Å². The zero-order valence-corrected chi connectivity index (χ0v) is 12.7. The van der Waals surface area contributed by atoms with Crippen molar-refractivity contribution >= 4 is 0 Å². The highest BCUT2D eigenvalue weighted by Gasteiger charge is 2.49. The molecule has 0 saturated heterocycles. The molecule has 1 heterocycles. The van der Waals surface area contributed by atoms with Gasteiger partial charge in [0.05, 0.1) is 6.04 Å². The minimum Gasteiger partial charge on any atom is -0.330 e. The molecule has 5 rings (SSSR count). The van der Waals surface area contributed by atoms with Crippen LogP contribution in [0.2, 0.25) is 0 Å². The number of rotatable bonds is 3. The predicted octanol–water partition coefficient (Wildman–Crippen LogP) is 3.54. The molecule has 1 aromatic rings. The average Bonchev–Trinajstić information content (AvgIpc) is 2.85. The van der Waals surface area contributed by atoms with E-state index in [9.17, 15) is 0 Å². The van der Waals surface area contributed by atoms with Crippen LogP contribution in [0.4, 0.5) is 0 Å². The van der Waals surface area contributed by atoms with Crippen LogP contribution in [-0.4, -0.2) is 9.55 Å². The zero-order valence-electron chi connectivity index (χ0n) is 12.7. The van der Waals surface area contributed by atoms with Gasteiger partial charge in [-0.1, -0.05) is 13.8 Å². The van der Waals surface area contributed by atoms with Gasteiger partial charge < -0.3 is 10.3 Å². The summed E-state index contributed by atoms with van der Waals surface area (Å²) in [7, 11) is 0. The van der Waals surface area contributed by atoms with E-state index in [1.807, 2.05) is 6.20 Å². The number of aromatic nitrogens is 2. The number of hydrogen-bond acceptors (Lipinski definition) is 2. The Hall–Kier alpha value is -0.830. The number of nitrogens with zero attached hydrogens (tertiary/aromatic N) is 2. The first-order valence-corrected chi connectivity index (χ1v) is 8.41. The lowest BCUT2D eigenvalue weighted by atomic mass is 9.54. The largest absolute Gasteiger partial charge is 0.330 e. The smallest absolute Gasteiger partial charge is 0.126 e. The van der Waals surface area contributed by atoms with Gasteiger partial charge in [-0.3, -0.25) is 0 Å². The van der Waals surface area contributed by atoms with E-state index in [1.54, 1.807) is 0 Å². The van der Waals surface area contributed by atoms with Crippen LogP contribution in [-0.2, 0) is 0 Å². The van der Waals surface area contributed by atoms with Crippen LogP contribution >= 0.6 is 0 Å². The standard InChI is InChI=1S/C17H27N3/c1-10(2)15(18)17-19-3-4-20(17)16-13-6-11-5-12(8-13)9-14(16)7-11/h3-4,10-16H,5-9,18H2,1-2H3. The second-order valence-electron chi connectivity index (χ2n) is 7.88. The SMILES string of the molecule is CC(C)C(N)c1nccn1C1C2CC3CC(C2)CC1C3. The fourth-order valence-electron chi connectivity index (χ4n) is 5.48. The number of hydrogen-bond donors (Lipinski definition) is 1. The van der Waals surface area contributed by atoms with E-state index in [0.29, 0.717) is 12.0 Å². The molecule has 4 saturated carbocycles. The first-order chi connectivity index (χ1) is 9.63. The summed E-state index contributed by atoms with van der Waals surface area (Å²) in [6.07, 6.45) is 11.5. The van der Waals surface area contributed by atoms with E-state index in [2.05, 4.69) is 29.6 Å². The highest BCUT2D eigenvalue weighted by atomic mass is 15.1. The monoisotopic (exact) mass is 273 g/mol. The minimum atomic E-state index is 0.0715. The van der Waals surface area contributed by atoms with E-state index >= 15 is 0 Å². The third kappa shape index (κ3) is 1.86. The van der Waals surface area contributed by atoms with E-state index in [4.69, 9.17) is 5.73 Å². The van der Waals surface area contributed by atoms with Crippen LogP contribution in [0.15, 0.2) is 12.4 Å². The van der Waals surface area contributed by atoms with Crippen LogP contribution in [0, 0.1) is 29.6 Å². The maximum Gasteiger partial charge on any atom is 0.126 e. The summed E-state index contributed by atoms with van der Waals surface area (Å²) in [5, 5.41) is 0. The summed E-state index contributed by atoms with van der Waals surface area (Å²) in [5.74, 6) is 5.40. The summed E-state index contributed by atoms with van der Waals surface area (Å²) in [6.45, 7) is 4.39. The topological polar surface area (TPSA) is 43.8 Å². The summed E-state index contributed by atoms with van der Waals surface area (Å²) in [5.41, 5.74) is 6.39. The third-order valence-electron chi connectivity index (χ3n) is 6.21. The Morgan fingerprint density at radius 2 is 1.70 bits per heavy atom. The van der Waals surface area contributed by atoms with Crippen molar-refractivity contribution in [3.05, 3.63) is 18.2 Å². The quantitative estimate of drug-likeness (QED) is 0.915. The van der Waals surface area contributed by atoms with Crippen molar-refractivity contribution in [2.75, 3.05) is 0 Å². The first-order valence-electron chi connectivity index (χ1n) is 8.41. The van der Waals surface area contributed by atoms with E-state index in [0.717, 1.165) is 29.5 Å².